The van der Waals surface area contributed by atoms with Gasteiger partial charge in [-0.15, -0.1) is 0 Å². The third-order valence-electron chi connectivity index (χ3n) is 2.14. The van der Waals surface area contributed by atoms with Crippen LogP contribution in [0.4, 0.5) is 0 Å². The molecule has 0 aliphatic heterocycles. The lowest BCUT2D eigenvalue weighted by molar-refractivity contribution is 0.0697. The number of carboxylic acids is 1. The molecule has 0 bridgehead atoms. The molecule has 0 atom stereocenters. The van der Waals surface area contributed by atoms with Gasteiger partial charge in [0.15, 0.2) is 0 Å². The minimum atomic E-state index is -0.985. The van der Waals surface area contributed by atoms with E-state index in [1.165, 1.54) is 6.20 Å². The summed E-state index contributed by atoms with van der Waals surface area (Å²) in [4.78, 5) is 10.8. The zero-order chi connectivity index (χ0) is 11.4. The number of aromatic nitrogens is 2. The van der Waals surface area contributed by atoms with Crippen molar-refractivity contribution in [3.8, 4) is 0 Å². The lowest BCUT2D eigenvalue weighted by atomic mass is 10.2. The van der Waals surface area contributed by atoms with Gasteiger partial charge in [-0.2, -0.15) is 5.10 Å². The van der Waals surface area contributed by atoms with Crippen molar-refractivity contribution in [3.63, 3.8) is 0 Å². The summed E-state index contributed by atoms with van der Waals surface area (Å²) in [6, 6.07) is 9.65. The number of H-pyrrole nitrogens is 1. The van der Waals surface area contributed by atoms with Gasteiger partial charge in [0, 0.05) is 0 Å². The lowest BCUT2D eigenvalue weighted by Gasteiger charge is -1.92. The van der Waals surface area contributed by atoms with Gasteiger partial charge in [-0.25, -0.2) is 4.79 Å². The highest BCUT2D eigenvalue weighted by atomic mass is 16.4. The first kappa shape index (κ1) is 10.2. The Balaban J connectivity index is 2.24. The van der Waals surface area contributed by atoms with E-state index in [1.807, 2.05) is 36.4 Å². The number of carbonyl (C=O) groups is 1. The predicted octanol–water partition coefficient (Wildman–Crippen LogP) is 2.28. The second kappa shape index (κ2) is 4.44. The van der Waals surface area contributed by atoms with Crippen molar-refractivity contribution in [2.24, 2.45) is 0 Å². The van der Waals surface area contributed by atoms with Crippen LogP contribution in [0.1, 0.15) is 21.6 Å². The maximum atomic E-state index is 10.8. The molecular formula is C12H10N2O2. The van der Waals surface area contributed by atoms with Crippen LogP contribution in [0.5, 0.6) is 0 Å². The summed E-state index contributed by atoms with van der Waals surface area (Å²) in [5, 5.41) is 15.2. The number of hydrogen-bond acceptors (Lipinski definition) is 2. The number of rotatable bonds is 3. The van der Waals surface area contributed by atoms with E-state index in [-0.39, 0.29) is 5.56 Å². The molecule has 1 heterocycles. The van der Waals surface area contributed by atoms with Crippen molar-refractivity contribution >= 4 is 18.1 Å². The topological polar surface area (TPSA) is 66.0 Å². The Hall–Kier alpha value is -2.36. The van der Waals surface area contributed by atoms with Gasteiger partial charge in [-0.1, -0.05) is 36.4 Å². The summed E-state index contributed by atoms with van der Waals surface area (Å²) in [5.74, 6) is -0.985. The first-order valence-corrected chi connectivity index (χ1v) is 4.77. The average molecular weight is 214 g/mol. The van der Waals surface area contributed by atoms with Crippen LogP contribution >= 0.6 is 0 Å². The van der Waals surface area contributed by atoms with E-state index >= 15 is 0 Å². The van der Waals surface area contributed by atoms with Crippen LogP contribution in [0.2, 0.25) is 0 Å². The molecule has 0 radical (unpaired) electrons. The molecule has 1 aromatic carbocycles. The second-order valence-electron chi connectivity index (χ2n) is 3.25. The molecule has 0 amide bonds. The minimum absolute atomic E-state index is 0.173. The van der Waals surface area contributed by atoms with Gasteiger partial charge in [0.2, 0.25) is 0 Å². The van der Waals surface area contributed by atoms with Crippen LogP contribution in [-0.2, 0) is 0 Å². The number of nitrogens with one attached hydrogen (secondary N) is 1. The van der Waals surface area contributed by atoms with Gasteiger partial charge < -0.3 is 5.11 Å². The molecule has 0 unspecified atom stereocenters. The zero-order valence-electron chi connectivity index (χ0n) is 8.42. The Labute approximate surface area is 92.2 Å². The standard InChI is InChI=1S/C12H10N2O2/c15-12(16)10-8-13-14-11(10)7-6-9-4-2-1-3-5-9/h1-8H,(H,13,14)(H,15,16)/b7-6+. The molecule has 0 saturated carbocycles. The fourth-order valence-electron chi connectivity index (χ4n) is 1.34. The highest BCUT2D eigenvalue weighted by Crippen LogP contribution is 2.10. The fraction of sp³-hybridized carbons (Fsp3) is 0. The Bertz CT molecular complexity index is 515. The first-order chi connectivity index (χ1) is 7.77. The normalized spacial score (nSPS) is 10.8. The third-order valence-corrected chi connectivity index (χ3v) is 2.14. The van der Waals surface area contributed by atoms with Crippen molar-refractivity contribution in [1.82, 2.24) is 10.2 Å². The Morgan fingerprint density at radius 1 is 1.25 bits per heavy atom. The summed E-state index contributed by atoms with van der Waals surface area (Å²) >= 11 is 0. The van der Waals surface area contributed by atoms with Crippen molar-refractivity contribution in [2.75, 3.05) is 0 Å². The van der Waals surface area contributed by atoms with Crippen molar-refractivity contribution < 1.29 is 9.90 Å². The van der Waals surface area contributed by atoms with Crippen molar-refractivity contribution in [2.45, 2.75) is 0 Å². The minimum Gasteiger partial charge on any atom is -0.478 e. The summed E-state index contributed by atoms with van der Waals surface area (Å²) in [6.07, 6.45) is 4.83. The number of benzene rings is 1. The number of aromatic amines is 1. The van der Waals surface area contributed by atoms with E-state index in [0.717, 1.165) is 5.56 Å². The molecule has 0 fully saturated rings. The summed E-state index contributed by atoms with van der Waals surface area (Å²) < 4.78 is 0. The van der Waals surface area contributed by atoms with Gasteiger partial charge in [0.25, 0.3) is 0 Å². The number of hydrogen-bond donors (Lipinski definition) is 2. The number of nitrogens with zero attached hydrogens (tertiary/aromatic N) is 1. The summed E-state index contributed by atoms with van der Waals surface area (Å²) in [5.41, 5.74) is 1.68. The quantitative estimate of drug-likeness (QED) is 0.823. The van der Waals surface area contributed by atoms with E-state index in [0.29, 0.717) is 5.69 Å². The van der Waals surface area contributed by atoms with Crippen LogP contribution < -0.4 is 0 Å². The molecule has 2 aromatic rings. The lowest BCUT2D eigenvalue weighted by Crippen LogP contribution is -1.95. The molecule has 0 spiro atoms. The fourth-order valence-corrected chi connectivity index (χ4v) is 1.34. The summed E-state index contributed by atoms with van der Waals surface area (Å²) in [6.45, 7) is 0. The predicted molar refractivity (Wildman–Crippen MR) is 60.9 cm³/mol. The van der Waals surface area contributed by atoms with Gasteiger partial charge in [-0.05, 0) is 11.6 Å². The largest absolute Gasteiger partial charge is 0.478 e. The van der Waals surface area contributed by atoms with Gasteiger partial charge in [-0.3, -0.25) is 5.10 Å². The van der Waals surface area contributed by atoms with E-state index in [1.54, 1.807) is 6.08 Å². The van der Waals surface area contributed by atoms with Crippen LogP contribution in [0, 0.1) is 0 Å². The van der Waals surface area contributed by atoms with E-state index in [2.05, 4.69) is 10.2 Å². The monoisotopic (exact) mass is 214 g/mol. The molecule has 4 nitrogen and oxygen atoms in total. The van der Waals surface area contributed by atoms with Gasteiger partial charge >= 0.3 is 5.97 Å². The zero-order valence-corrected chi connectivity index (χ0v) is 8.42. The highest BCUT2D eigenvalue weighted by Gasteiger charge is 2.08. The number of carboxylic acid groups (broad SMARTS) is 1. The van der Waals surface area contributed by atoms with Crippen LogP contribution in [0.3, 0.4) is 0 Å². The van der Waals surface area contributed by atoms with E-state index in [4.69, 9.17) is 5.11 Å². The van der Waals surface area contributed by atoms with Crippen LogP contribution in [0.25, 0.3) is 12.2 Å². The molecule has 1 aromatic heterocycles. The maximum Gasteiger partial charge on any atom is 0.339 e. The Morgan fingerprint density at radius 2 is 2.00 bits per heavy atom. The molecule has 0 aliphatic carbocycles. The molecule has 80 valence electrons. The van der Waals surface area contributed by atoms with Crippen LogP contribution in [0.15, 0.2) is 36.5 Å². The maximum absolute atomic E-state index is 10.8. The Morgan fingerprint density at radius 3 is 2.69 bits per heavy atom. The van der Waals surface area contributed by atoms with Gasteiger partial charge in [0.05, 0.1) is 11.9 Å². The molecular weight excluding hydrogens is 204 g/mol. The van der Waals surface area contributed by atoms with Crippen molar-refractivity contribution in [3.05, 3.63) is 53.3 Å². The SMILES string of the molecule is O=C(O)c1cn[nH]c1/C=C/c1ccccc1. The molecule has 4 heteroatoms. The average Bonchev–Trinajstić information content (AvgIpc) is 2.76. The summed E-state index contributed by atoms with van der Waals surface area (Å²) in [7, 11) is 0. The van der Waals surface area contributed by atoms with Gasteiger partial charge in [0.1, 0.15) is 5.56 Å². The van der Waals surface area contributed by atoms with E-state index < -0.39 is 5.97 Å². The second-order valence-corrected chi connectivity index (χ2v) is 3.25. The number of aromatic carboxylic acids is 1. The molecule has 2 N–H and O–H groups in total. The highest BCUT2D eigenvalue weighted by molar-refractivity contribution is 5.92. The molecule has 2 rings (SSSR count). The van der Waals surface area contributed by atoms with E-state index in [9.17, 15) is 4.79 Å². The van der Waals surface area contributed by atoms with Crippen molar-refractivity contribution in [1.29, 1.82) is 0 Å². The molecule has 0 saturated heterocycles. The third kappa shape index (κ3) is 2.17. The smallest absolute Gasteiger partial charge is 0.339 e. The first-order valence-electron chi connectivity index (χ1n) is 4.77. The van der Waals surface area contributed by atoms with Crippen LogP contribution in [-0.4, -0.2) is 21.3 Å². The Kier molecular flexibility index (Phi) is 2.82. The molecule has 16 heavy (non-hydrogen) atoms. The molecule has 0 aliphatic rings.